The van der Waals surface area contributed by atoms with Crippen LogP contribution in [0.2, 0.25) is 0 Å². The Bertz CT molecular complexity index is 842. The predicted octanol–water partition coefficient (Wildman–Crippen LogP) is 6.61. The van der Waals surface area contributed by atoms with Gasteiger partial charge in [0.2, 0.25) is 5.91 Å². The van der Waals surface area contributed by atoms with Crippen LogP contribution in [0.5, 0.6) is 5.75 Å². The van der Waals surface area contributed by atoms with Crippen molar-refractivity contribution in [3.8, 4) is 5.75 Å². The summed E-state index contributed by atoms with van der Waals surface area (Å²) in [6, 6.07) is 7.21. The fraction of sp³-hybridized carbons (Fsp3) is 0.704. The van der Waals surface area contributed by atoms with Crippen LogP contribution in [0.15, 0.2) is 24.3 Å². The molecule has 0 unspecified atom stereocenters. The molecule has 0 aliphatic rings. The van der Waals surface area contributed by atoms with Crippen molar-refractivity contribution in [2.24, 2.45) is 0 Å². The molecule has 0 fully saturated rings. The van der Waals surface area contributed by atoms with Crippen LogP contribution < -0.4 is 10.1 Å². The number of ether oxygens (including phenoxy) is 1. The van der Waals surface area contributed by atoms with Crippen molar-refractivity contribution < 1.29 is 32.4 Å². The second kappa shape index (κ2) is 20.0. The number of unbranched alkanes of at least 4 members (excludes halogenated alkanes) is 13. The number of carbonyl (C=O) groups is 2. The highest BCUT2D eigenvalue weighted by Gasteiger charge is 2.08. The maximum atomic E-state index is 12.3. The number of hydrogen-bond acceptors (Lipinski definition) is 5. The monoisotopic (exact) mass is 527 g/mol. The second-order valence-electron chi connectivity index (χ2n) is 9.38. The molecule has 0 aliphatic carbocycles. The quantitative estimate of drug-likeness (QED) is 0.108. The molecule has 0 saturated heterocycles. The molecule has 0 heterocycles. The molecule has 1 amide bonds. The first-order valence-electron chi connectivity index (χ1n) is 13.5. The lowest BCUT2D eigenvalue weighted by molar-refractivity contribution is -0.137. The number of benzene rings is 1. The lowest BCUT2D eigenvalue weighted by Gasteiger charge is -2.12. The summed E-state index contributed by atoms with van der Waals surface area (Å²) < 4.78 is 35.6. The smallest absolute Gasteiger partial charge is 0.303 e. The van der Waals surface area contributed by atoms with Crippen LogP contribution in [0, 0.1) is 0 Å². The summed E-state index contributed by atoms with van der Waals surface area (Å²) in [6.45, 7) is 0.293. The molecule has 8 nitrogen and oxygen atoms in total. The normalized spacial score (nSPS) is 11.4. The van der Waals surface area contributed by atoms with E-state index in [1.54, 1.807) is 12.1 Å². The van der Waals surface area contributed by atoms with E-state index in [1.807, 2.05) is 12.1 Å². The molecule has 36 heavy (non-hydrogen) atoms. The minimum absolute atomic E-state index is 0.0324. The standard InChI is InChI=1S/C27H45NO7S/c29-26(28-24-18-14-15-19-25(24)35-22-17-21-27(30)31)20-13-11-9-7-5-3-1-2-4-6-8-10-12-16-23-36(32,33)34/h14-15,18-19H,1-13,16-17,20-23H2,(H,28,29)(H,30,31)(H,32,33,34). The van der Waals surface area contributed by atoms with Crippen molar-refractivity contribution in [2.75, 3.05) is 17.7 Å². The van der Waals surface area contributed by atoms with Crippen LogP contribution in [-0.2, 0) is 19.7 Å². The Morgan fingerprint density at radius 2 is 1.22 bits per heavy atom. The van der Waals surface area contributed by atoms with Crippen LogP contribution in [0.25, 0.3) is 0 Å². The molecule has 1 rings (SSSR count). The zero-order valence-corrected chi connectivity index (χ0v) is 22.4. The van der Waals surface area contributed by atoms with Crippen LogP contribution in [0.4, 0.5) is 5.69 Å². The summed E-state index contributed by atoms with van der Waals surface area (Å²) in [5, 5.41) is 11.6. The molecule has 9 heteroatoms. The Kier molecular flexibility index (Phi) is 17.7. The Morgan fingerprint density at radius 3 is 1.75 bits per heavy atom. The third-order valence-corrected chi connectivity index (χ3v) is 6.81. The van der Waals surface area contributed by atoms with Gasteiger partial charge in [-0.15, -0.1) is 0 Å². The van der Waals surface area contributed by atoms with E-state index in [-0.39, 0.29) is 18.1 Å². The van der Waals surface area contributed by atoms with Gasteiger partial charge in [0.1, 0.15) is 5.75 Å². The molecule has 0 saturated carbocycles. The van der Waals surface area contributed by atoms with Gasteiger partial charge in [0, 0.05) is 12.8 Å². The van der Waals surface area contributed by atoms with Gasteiger partial charge in [-0.2, -0.15) is 8.42 Å². The Labute approximate surface area is 217 Å². The number of hydrogen-bond donors (Lipinski definition) is 3. The number of anilines is 1. The summed E-state index contributed by atoms with van der Waals surface area (Å²) in [6.07, 6.45) is 16.1. The van der Waals surface area contributed by atoms with Gasteiger partial charge in [0.05, 0.1) is 18.0 Å². The van der Waals surface area contributed by atoms with E-state index in [0.717, 1.165) is 38.5 Å². The summed E-state index contributed by atoms with van der Waals surface area (Å²) in [4.78, 5) is 22.9. The van der Waals surface area contributed by atoms with Gasteiger partial charge in [-0.3, -0.25) is 14.1 Å². The SMILES string of the molecule is O=C(O)CCCOc1ccccc1NC(=O)CCCCCCCCCCCCCCCCS(=O)(=O)O. The number of para-hydroxylation sites is 2. The van der Waals surface area contributed by atoms with Crippen molar-refractivity contribution >= 4 is 27.7 Å². The third-order valence-electron chi connectivity index (χ3n) is 6.01. The summed E-state index contributed by atoms with van der Waals surface area (Å²) >= 11 is 0. The third kappa shape index (κ3) is 19.1. The van der Waals surface area contributed by atoms with Crippen molar-refractivity contribution in [1.29, 1.82) is 0 Å². The van der Waals surface area contributed by atoms with E-state index in [0.29, 0.717) is 37.3 Å². The number of rotatable bonds is 23. The molecule has 0 spiro atoms. The van der Waals surface area contributed by atoms with Crippen LogP contribution in [-0.4, -0.2) is 42.3 Å². The van der Waals surface area contributed by atoms with E-state index in [4.69, 9.17) is 14.4 Å². The van der Waals surface area contributed by atoms with E-state index in [1.165, 1.54) is 44.9 Å². The topological polar surface area (TPSA) is 130 Å². The zero-order chi connectivity index (χ0) is 26.5. The fourth-order valence-electron chi connectivity index (χ4n) is 4.01. The number of aliphatic carboxylic acids is 1. The number of carbonyl (C=O) groups excluding carboxylic acids is 1. The fourth-order valence-corrected chi connectivity index (χ4v) is 4.57. The average Bonchev–Trinajstić information content (AvgIpc) is 2.81. The lowest BCUT2D eigenvalue weighted by atomic mass is 10.0. The molecule has 1 aromatic carbocycles. The van der Waals surface area contributed by atoms with Crippen LogP contribution in [0.3, 0.4) is 0 Å². The number of carboxylic acid groups (broad SMARTS) is 1. The number of carboxylic acids is 1. The molecule has 0 aromatic heterocycles. The molecule has 206 valence electrons. The number of nitrogens with one attached hydrogen (secondary N) is 1. The van der Waals surface area contributed by atoms with Crippen LogP contribution in [0.1, 0.15) is 109 Å². The zero-order valence-electron chi connectivity index (χ0n) is 21.6. The molecule has 0 radical (unpaired) electrons. The van der Waals surface area contributed by atoms with Gasteiger partial charge in [0.15, 0.2) is 0 Å². The van der Waals surface area contributed by atoms with Gasteiger partial charge in [0.25, 0.3) is 10.1 Å². The van der Waals surface area contributed by atoms with E-state index in [9.17, 15) is 18.0 Å². The molecule has 0 bridgehead atoms. The average molecular weight is 528 g/mol. The highest BCUT2D eigenvalue weighted by molar-refractivity contribution is 7.85. The van der Waals surface area contributed by atoms with E-state index < -0.39 is 16.1 Å². The lowest BCUT2D eigenvalue weighted by Crippen LogP contribution is -2.12. The van der Waals surface area contributed by atoms with Gasteiger partial charge < -0.3 is 15.2 Å². The second-order valence-corrected chi connectivity index (χ2v) is 10.9. The van der Waals surface area contributed by atoms with Gasteiger partial charge in [-0.05, 0) is 31.4 Å². The minimum Gasteiger partial charge on any atom is -0.491 e. The van der Waals surface area contributed by atoms with Crippen molar-refractivity contribution in [2.45, 2.75) is 109 Å². The first-order valence-corrected chi connectivity index (χ1v) is 15.1. The van der Waals surface area contributed by atoms with Gasteiger partial charge in [-0.1, -0.05) is 89.2 Å². The Hall–Kier alpha value is -2.13. The largest absolute Gasteiger partial charge is 0.491 e. The molecule has 0 atom stereocenters. The minimum atomic E-state index is -3.80. The van der Waals surface area contributed by atoms with Crippen LogP contribution >= 0.6 is 0 Å². The highest BCUT2D eigenvalue weighted by atomic mass is 32.2. The van der Waals surface area contributed by atoms with Gasteiger partial charge >= 0.3 is 5.97 Å². The maximum Gasteiger partial charge on any atom is 0.303 e. The molecule has 0 aliphatic heterocycles. The molecular formula is C27H45NO7S. The van der Waals surface area contributed by atoms with Crippen molar-refractivity contribution in [1.82, 2.24) is 0 Å². The molecule has 1 aromatic rings. The Morgan fingerprint density at radius 1 is 0.722 bits per heavy atom. The summed E-state index contributed by atoms with van der Waals surface area (Å²) in [5.74, 6) is -0.441. The first-order chi connectivity index (χ1) is 17.3. The molecule has 3 N–H and O–H groups in total. The van der Waals surface area contributed by atoms with E-state index in [2.05, 4.69) is 5.32 Å². The summed E-state index contributed by atoms with van der Waals surface area (Å²) in [7, 11) is -3.80. The first kappa shape index (κ1) is 31.9. The summed E-state index contributed by atoms with van der Waals surface area (Å²) in [5.41, 5.74) is 0.620. The maximum absolute atomic E-state index is 12.3. The van der Waals surface area contributed by atoms with E-state index >= 15 is 0 Å². The Balaban J connectivity index is 1.96. The molecular weight excluding hydrogens is 482 g/mol. The number of amides is 1. The van der Waals surface area contributed by atoms with Gasteiger partial charge in [-0.25, -0.2) is 0 Å². The van der Waals surface area contributed by atoms with Crippen molar-refractivity contribution in [3.05, 3.63) is 24.3 Å². The predicted molar refractivity (Wildman–Crippen MR) is 143 cm³/mol. The highest BCUT2D eigenvalue weighted by Crippen LogP contribution is 2.24. The van der Waals surface area contributed by atoms with Crippen molar-refractivity contribution in [3.63, 3.8) is 0 Å².